The molecular weight excluding hydrogens is 210 g/mol. The summed E-state index contributed by atoms with van der Waals surface area (Å²) in [4.78, 5) is 0. The molecular formula is C15H19NO. The van der Waals surface area contributed by atoms with Gasteiger partial charge in [-0.15, -0.1) is 12.3 Å². The predicted octanol–water partition coefficient (Wildman–Crippen LogP) is 2.69. The lowest BCUT2D eigenvalue weighted by Crippen LogP contribution is -2.21. The smallest absolute Gasteiger partial charge is 0.122 e. The van der Waals surface area contributed by atoms with Crippen molar-refractivity contribution in [1.29, 1.82) is 0 Å². The molecule has 0 spiro atoms. The van der Waals surface area contributed by atoms with Gasteiger partial charge in [-0.1, -0.05) is 19.1 Å². The summed E-state index contributed by atoms with van der Waals surface area (Å²) in [6.45, 7) is 3.89. The number of ether oxygens (including phenoxy) is 1. The van der Waals surface area contributed by atoms with E-state index in [-0.39, 0.29) is 0 Å². The lowest BCUT2D eigenvalue weighted by atomic mass is 10.0. The Kier molecular flexibility index (Phi) is 4.06. The van der Waals surface area contributed by atoms with E-state index in [1.165, 1.54) is 11.1 Å². The topological polar surface area (TPSA) is 21.3 Å². The van der Waals surface area contributed by atoms with E-state index in [1.54, 1.807) is 0 Å². The van der Waals surface area contributed by atoms with E-state index in [0.29, 0.717) is 6.04 Å². The normalized spacial score (nSPS) is 14.8. The summed E-state index contributed by atoms with van der Waals surface area (Å²) < 4.78 is 5.52. The van der Waals surface area contributed by atoms with Crippen LogP contribution < -0.4 is 10.1 Å². The maximum absolute atomic E-state index is 5.52. The summed E-state index contributed by atoms with van der Waals surface area (Å²) in [7, 11) is 0. The highest BCUT2D eigenvalue weighted by Crippen LogP contribution is 2.28. The molecule has 2 rings (SSSR count). The van der Waals surface area contributed by atoms with Crippen LogP contribution in [0, 0.1) is 12.3 Å². The number of fused-ring (bicyclic) bond motifs is 1. The van der Waals surface area contributed by atoms with Gasteiger partial charge in [0.05, 0.1) is 6.61 Å². The Bertz CT molecular complexity index is 419. The number of terminal acetylenes is 1. The molecule has 1 unspecified atom stereocenters. The minimum atomic E-state index is 0.397. The van der Waals surface area contributed by atoms with Gasteiger partial charge < -0.3 is 10.1 Å². The molecule has 0 fully saturated rings. The Morgan fingerprint density at radius 2 is 2.41 bits per heavy atom. The van der Waals surface area contributed by atoms with Crippen molar-refractivity contribution in [1.82, 2.24) is 5.32 Å². The number of hydrogen-bond donors (Lipinski definition) is 1. The quantitative estimate of drug-likeness (QED) is 0.619. The van der Waals surface area contributed by atoms with Crippen LogP contribution in [0.25, 0.3) is 0 Å². The van der Waals surface area contributed by atoms with Gasteiger partial charge in [0.2, 0.25) is 0 Å². The van der Waals surface area contributed by atoms with Crippen molar-refractivity contribution in [3.05, 3.63) is 29.3 Å². The molecule has 1 aromatic carbocycles. The van der Waals surface area contributed by atoms with Crippen LogP contribution in [-0.2, 0) is 6.42 Å². The first-order valence-corrected chi connectivity index (χ1v) is 6.27. The lowest BCUT2D eigenvalue weighted by Gasteiger charge is -2.17. The van der Waals surface area contributed by atoms with Gasteiger partial charge in [0.15, 0.2) is 0 Å². The zero-order valence-electron chi connectivity index (χ0n) is 10.3. The van der Waals surface area contributed by atoms with E-state index in [2.05, 4.69) is 36.4 Å². The first-order chi connectivity index (χ1) is 8.35. The van der Waals surface area contributed by atoms with Gasteiger partial charge in [-0.25, -0.2) is 0 Å². The average molecular weight is 229 g/mol. The van der Waals surface area contributed by atoms with Crippen molar-refractivity contribution in [2.45, 2.75) is 32.2 Å². The second-order valence-corrected chi connectivity index (χ2v) is 4.33. The highest BCUT2D eigenvalue weighted by molar-refractivity contribution is 5.40. The third kappa shape index (κ3) is 2.81. The van der Waals surface area contributed by atoms with Crippen LogP contribution >= 0.6 is 0 Å². The molecule has 1 aromatic rings. The maximum atomic E-state index is 5.52. The molecule has 1 aliphatic rings. The second-order valence-electron chi connectivity index (χ2n) is 4.33. The fourth-order valence-corrected chi connectivity index (χ4v) is 2.24. The van der Waals surface area contributed by atoms with Crippen LogP contribution in [-0.4, -0.2) is 13.2 Å². The highest BCUT2D eigenvalue weighted by atomic mass is 16.5. The van der Waals surface area contributed by atoms with Crippen LogP contribution in [0.1, 0.15) is 36.9 Å². The summed E-state index contributed by atoms with van der Waals surface area (Å²) in [6.07, 6.45) is 8.15. The third-order valence-electron chi connectivity index (χ3n) is 3.18. The maximum Gasteiger partial charge on any atom is 0.122 e. The summed E-state index contributed by atoms with van der Waals surface area (Å²) in [5, 5.41) is 3.49. The molecule has 0 radical (unpaired) electrons. The van der Waals surface area contributed by atoms with Gasteiger partial charge >= 0.3 is 0 Å². The minimum Gasteiger partial charge on any atom is -0.493 e. The van der Waals surface area contributed by atoms with Crippen molar-refractivity contribution >= 4 is 0 Å². The SMILES string of the molecule is C#CCCNC(CC)c1ccc2c(c1)CCO2. The first-order valence-electron chi connectivity index (χ1n) is 6.27. The number of nitrogens with one attached hydrogen (secondary N) is 1. The standard InChI is InChI=1S/C15H19NO/c1-3-5-9-16-14(4-2)12-6-7-15-13(11-12)8-10-17-15/h1,6-7,11,14,16H,4-5,8-10H2,2H3. The van der Waals surface area contributed by atoms with E-state index in [4.69, 9.17) is 11.2 Å². The molecule has 0 bridgehead atoms. The van der Waals surface area contributed by atoms with E-state index in [1.807, 2.05) is 0 Å². The lowest BCUT2D eigenvalue weighted by molar-refractivity contribution is 0.356. The van der Waals surface area contributed by atoms with Gasteiger partial charge in [-0.05, 0) is 23.6 Å². The first kappa shape index (κ1) is 12.0. The van der Waals surface area contributed by atoms with E-state index >= 15 is 0 Å². The molecule has 2 nitrogen and oxygen atoms in total. The van der Waals surface area contributed by atoms with Gasteiger partial charge in [-0.2, -0.15) is 0 Å². The molecule has 0 aromatic heterocycles. The summed E-state index contributed by atoms with van der Waals surface area (Å²) in [6, 6.07) is 6.90. The molecule has 0 amide bonds. The van der Waals surface area contributed by atoms with Gasteiger partial charge in [0.25, 0.3) is 0 Å². The Morgan fingerprint density at radius 1 is 1.53 bits per heavy atom. The van der Waals surface area contributed by atoms with Crippen molar-refractivity contribution in [3.8, 4) is 18.1 Å². The van der Waals surface area contributed by atoms with Crippen molar-refractivity contribution < 1.29 is 4.74 Å². The summed E-state index contributed by atoms with van der Waals surface area (Å²) in [5.74, 6) is 3.71. The highest BCUT2D eigenvalue weighted by Gasteiger charge is 2.15. The van der Waals surface area contributed by atoms with E-state index < -0.39 is 0 Å². The average Bonchev–Trinajstić information content (AvgIpc) is 2.82. The fourth-order valence-electron chi connectivity index (χ4n) is 2.24. The van der Waals surface area contributed by atoms with Gasteiger partial charge in [-0.3, -0.25) is 0 Å². The zero-order chi connectivity index (χ0) is 12.1. The zero-order valence-corrected chi connectivity index (χ0v) is 10.3. The third-order valence-corrected chi connectivity index (χ3v) is 3.18. The van der Waals surface area contributed by atoms with Crippen molar-refractivity contribution in [2.75, 3.05) is 13.2 Å². The molecule has 17 heavy (non-hydrogen) atoms. The van der Waals surface area contributed by atoms with Crippen molar-refractivity contribution in [3.63, 3.8) is 0 Å². The molecule has 0 saturated carbocycles. The Hall–Kier alpha value is -1.46. The van der Waals surface area contributed by atoms with E-state index in [0.717, 1.165) is 38.2 Å². The number of rotatable bonds is 5. The molecule has 1 atom stereocenters. The molecule has 0 aliphatic carbocycles. The molecule has 0 saturated heterocycles. The number of hydrogen-bond acceptors (Lipinski definition) is 2. The summed E-state index contributed by atoms with van der Waals surface area (Å²) >= 11 is 0. The molecule has 1 aliphatic heterocycles. The van der Waals surface area contributed by atoms with Crippen LogP contribution in [0.2, 0.25) is 0 Å². The summed E-state index contributed by atoms with van der Waals surface area (Å²) in [5.41, 5.74) is 2.67. The van der Waals surface area contributed by atoms with Crippen LogP contribution in [0.15, 0.2) is 18.2 Å². The minimum absolute atomic E-state index is 0.397. The number of benzene rings is 1. The van der Waals surface area contributed by atoms with Crippen LogP contribution in [0.5, 0.6) is 5.75 Å². The Balaban J connectivity index is 2.06. The molecule has 1 heterocycles. The second kappa shape index (κ2) is 5.75. The van der Waals surface area contributed by atoms with E-state index in [9.17, 15) is 0 Å². The fraction of sp³-hybridized carbons (Fsp3) is 0.467. The Labute approximate surface area is 103 Å². The molecule has 1 N–H and O–H groups in total. The van der Waals surface area contributed by atoms with Gasteiger partial charge in [0, 0.05) is 25.4 Å². The monoisotopic (exact) mass is 229 g/mol. The van der Waals surface area contributed by atoms with Crippen LogP contribution in [0.4, 0.5) is 0 Å². The van der Waals surface area contributed by atoms with Crippen molar-refractivity contribution in [2.24, 2.45) is 0 Å². The largest absolute Gasteiger partial charge is 0.493 e. The molecule has 2 heteroatoms. The van der Waals surface area contributed by atoms with Crippen LogP contribution in [0.3, 0.4) is 0 Å². The Morgan fingerprint density at radius 3 is 3.18 bits per heavy atom. The van der Waals surface area contributed by atoms with Gasteiger partial charge in [0.1, 0.15) is 5.75 Å². The molecule has 90 valence electrons. The predicted molar refractivity (Wildman–Crippen MR) is 70.1 cm³/mol.